The van der Waals surface area contributed by atoms with Crippen molar-refractivity contribution in [2.45, 2.75) is 0 Å². The Morgan fingerprint density at radius 2 is 0.616 bits per heavy atom. The Bertz CT molecular complexity index is 4260. The Balaban J connectivity index is 0.717. The lowest BCUT2D eigenvalue weighted by Gasteiger charge is -2.20. The van der Waals surface area contributed by atoms with Crippen molar-refractivity contribution in [3.05, 3.63) is 321 Å². The molecule has 14 heteroatoms. The fourth-order valence-corrected chi connectivity index (χ4v) is 9.61. The van der Waals surface area contributed by atoms with Gasteiger partial charge in [-0.05, 0) is 215 Å². The molecule has 0 radical (unpaired) electrons. The Kier molecular flexibility index (Phi) is 15.5. The number of hydrogen-bond acceptors (Lipinski definition) is 12. The van der Waals surface area contributed by atoms with Gasteiger partial charge in [-0.1, -0.05) is 60.7 Å². The molecule has 12 aromatic rings. The predicted octanol–water partition coefficient (Wildman–Crippen LogP) is 18.6. The van der Waals surface area contributed by atoms with Gasteiger partial charge in [0.25, 0.3) is 11.4 Å². The molecular formula is C72H46N4O10. The van der Waals surface area contributed by atoms with Crippen LogP contribution < -0.4 is 18.9 Å². The van der Waals surface area contributed by atoms with E-state index in [1.54, 1.807) is 182 Å². The molecular weight excluding hydrogens is 1080 g/mol. The van der Waals surface area contributed by atoms with E-state index < -0.39 is 9.85 Å². The van der Waals surface area contributed by atoms with Crippen molar-refractivity contribution >= 4 is 68.3 Å². The largest absolute Gasteiger partial charge is 0.457 e. The van der Waals surface area contributed by atoms with Gasteiger partial charge in [0.15, 0.2) is 11.6 Å². The summed E-state index contributed by atoms with van der Waals surface area (Å²) in [5.41, 5.74) is 6.37. The van der Waals surface area contributed by atoms with Gasteiger partial charge in [0.1, 0.15) is 46.0 Å². The molecule has 0 aliphatic carbocycles. The second-order valence-corrected chi connectivity index (χ2v) is 19.7. The van der Waals surface area contributed by atoms with Gasteiger partial charge >= 0.3 is 0 Å². The molecule has 0 amide bonds. The number of carbonyl (C=O) groups is 2. The highest BCUT2D eigenvalue weighted by Crippen LogP contribution is 2.48. The summed E-state index contributed by atoms with van der Waals surface area (Å²) in [6.07, 6.45) is 3.26. The molecule has 0 atom stereocenters. The molecule has 414 valence electrons. The van der Waals surface area contributed by atoms with Crippen molar-refractivity contribution in [1.29, 1.82) is 0 Å². The van der Waals surface area contributed by atoms with Crippen LogP contribution >= 0.6 is 0 Å². The molecule has 0 bridgehead atoms. The van der Waals surface area contributed by atoms with Crippen LogP contribution in [0, 0.1) is 20.2 Å². The maximum Gasteiger partial charge on any atom is 0.269 e. The number of rotatable bonds is 19. The molecule has 12 aromatic carbocycles. The summed E-state index contributed by atoms with van der Waals surface area (Å²) in [6.45, 7) is 0. The molecule has 0 heterocycles. The third-order valence-electron chi connectivity index (χ3n) is 14.0. The van der Waals surface area contributed by atoms with Crippen molar-refractivity contribution in [2.24, 2.45) is 9.98 Å². The number of benzene rings is 12. The highest BCUT2D eigenvalue weighted by molar-refractivity contribution is 6.11. The van der Waals surface area contributed by atoms with Gasteiger partial charge in [-0.2, -0.15) is 0 Å². The molecule has 14 nitrogen and oxygen atoms in total. The van der Waals surface area contributed by atoms with Crippen molar-refractivity contribution in [1.82, 2.24) is 0 Å². The van der Waals surface area contributed by atoms with Crippen molar-refractivity contribution in [2.75, 3.05) is 0 Å². The van der Waals surface area contributed by atoms with Gasteiger partial charge in [0.05, 0.1) is 21.2 Å². The topological polar surface area (TPSA) is 182 Å². The number of nitro groups is 2. The molecule has 0 N–H and O–H groups in total. The lowest BCUT2D eigenvalue weighted by molar-refractivity contribution is -0.385. The van der Waals surface area contributed by atoms with Crippen LogP contribution in [0.5, 0.6) is 46.0 Å². The first-order valence-electron chi connectivity index (χ1n) is 27.1. The second kappa shape index (κ2) is 24.5. The molecule has 0 saturated heterocycles. The summed E-state index contributed by atoms with van der Waals surface area (Å²) in [5, 5.41) is 25.8. The number of carbonyl (C=O) groups excluding carboxylic acids is 2. The number of ketones is 2. The van der Waals surface area contributed by atoms with Crippen LogP contribution in [0.2, 0.25) is 0 Å². The van der Waals surface area contributed by atoms with Crippen LogP contribution in [0.1, 0.15) is 43.0 Å². The normalized spacial score (nSPS) is 11.2. The van der Waals surface area contributed by atoms with E-state index in [0.29, 0.717) is 79.6 Å². The van der Waals surface area contributed by atoms with Crippen molar-refractivity contribution in [3.63, 3.8) is 0 Å². The number of fused-ring (bicyclic) bond motifs is 2. The van der Waals surface area contributed by atoms with Crippen LogP contribution in [0.15, 0.2) is 277 Å². The van der Waals surface area contributed by atoms with Gasteiger partial charge in [0, 0.05) is 70.1 Å². The summed E-state index contributed by atoms with van der Waals surface area (Å²) in [5.74, 6) is 4.09. The fraction of sp³-hybridized carbons (Fsp3) is 0. The Labute approximate surface area is 492 Å². The van der Waals surface area contributed by atoms with E-state index in [4.69, 9.17) is 18.9 Å². The SMILES string of the molecule is O=C(c1ccc(Oc2ccc(N=Cc3ccc([N+](=O)[O-])cc3)cc2)cc1)c1ccc(Oc2ccc3ccccc3c2-c2c(Oc3ccc(C(=O)c4ccc(Oc5ccc(N=Cc6ccc([N+](=O)[O-])cc6)cc5)cc4)cc3)ccc3ccccc23)cc1. The van der Waals surface area contributed by atoms with Crippen molar-refractivity contribution in [3.8, 4) is 57.1 Å². The molecule has 12 rings (SSSR count). The molecule has 0 spiro atoms. The Hall–Kier alpha value is -12.2. The monoisotopic (exact) mass is 1130 g/mol. The van der Waals surface area contributed by atoms with E-state index >= 15 is 0 Å². The maximum absolute atomic E-state index is 13.8. The number of nitrogens with zero attached hydrogens (tertiary/aromatic N) is 4. The minimum absolute atomic E-state index is 0.0139. The first-order chi connectivity index (χ1) is 42.0. The molecule has 0 fully saturated rings. The molecule has 0 saturated carbocycles. The first kappa shape index (κ1) is 54.4. The molecule has 0 aromatic heterocycles. The summed E-state index contributed by atoms with van der Waals surface area (Å²) < 4.78 is 25.7. The quantitative estimate of drug-likeness (QED) is 0.0327. The number of aliphatic imine (C=N–C) groups is 2. The van der Waals surface area contributed by atoms with Crippen LogP contribution in [0.25, 0.3) is 32.7 Å². The Morgan fingerprint density at radius 3 is 0.930 bits per heavy atom. The van der Waals surface area contributed by atoms with Crippen molar-refractivity contribution < 1.29 is 38.4 Å². The third-order valence-corrected chi connectivity index (χ3v) is 14.0. The molecule has 86 heavy (non-hydrogen) atoms. The van der Waals surface area contributed by atoms with Crippen LogP contribution in [0.3, 0.4) is 0 Å². The zero-order valence-corrected chi connectivity index (χ0v) is 45.4. The highest BCUT2D eigenvalue weighted by atomic mass is 16.6. The van der Waals surface area contributed by atoms with E-state index in [0.717, 1.165) is 43.8 Å². The van der Waals surface area contributed by atoms with Crippen LogP contribution in [-0.4, -0.2) is 33.8 Å². The average Bonchev–Trinajstić information content (AvgIpc) is 2.06. The fourth-order valence-electron chi connectivity index (χ4n) is 9.61. The van der Waals surface area contributed by atoms with Gasteiger partial charge in [-0.3, -0.25) is 39.8 Å². The van der Waals surface area contributed by atoms with E-state index in [2.05, 4.69) is 34.3 Å². The molecule has 0 unspecified atom stereocenters. The molecule has 0 aliphatic rings. The molecule has 0 aliphatic heterocycles. The minimum atomic E-state index is -0.444. The lowest BCUT2D eigenvalue weighted by Crippen LogP contribution is -2.01. The second-order valence-electron chi connectivity index (χ2n) is 19.7. The van der Waals surface area contributed by atoms with E-state index in [1.165, 1.54) is 24.3 Å². The number of ether oxygens (including phenoxy) is 4. The number of non-ortho nitro benzene ring substituents is 2. The minimum Gasteiger partial charge on any atom is -0.457 e. The highest BCUT2D eigenvalue weighted by Gasteiger charge is 2.21. The van der Waals surface area contributed by atoms with Crippen LogP contribution in [0.4, 0.5) is 22.7 Å². The standard InChI is InChI=1S/C72H46N4O10/c77-71(51-13-31-59(32-14-51)83-61-39-23-55(24-40-61)73-45-47-9-27-57(28-10-47)75(79)80)53-17-35-63(36-18-53)85-67-43-21-49-5-1-3-7-65(49)69(67)70-66-8-4-2-6-50(66)22-44-68(70)86-64-37-19-54(20-38-64)72(78)52-15-33-60(34-16-52)84-62-41-25-56(26-42-62)74-46-48-11-29-58(30-12-48)76(81)82/h1-46H. The summed E-state index contributed by atoms with van der Waals surface area (Å²) in [4.78, 5) is 57.5. The maximum atomic E-state index is 13.8. The van der Waals surface area contributed by atoms with E-state index in [-0.39, 0.29) is 22.9 Å². The van der Waals surface area contributed by atoms with Crippen LogP contribution in [-0.2, 0) is 0 Å². The van der Waals surface area contributed by atoms with E-state index in [9.17, 15) is 29.8 Å². The summed E-state index contributed by atoms with van der Waals surface area (Å²) in [7, 11) is 0. The third kappa shape index (κ3) is 12.5. The average molecular weight is 1130 g/mol. The van der Waals surface area contributed by atoms with Gasteiger partial charge in [-0.15, -0.1) is 0 Å². The van der Waals surface area contributed by atoms with Gasteiger partial charge in [-0.25, -0.2) is 0 Å². The number of hydrogen-bond donors (Lipinski definition) is 0. The van der Waals surface area contributed by atoms with E-state index in [1.807, 2.05) is 48.5 Å². The predicted molar refractivity (Wildman–Crippen MR) is 333 cm³/mol. The van der Waals surface area contributed by atoms with Gasteiger partial charge < -0.3 is 18.9 Å². The zero-order valence-electron chi connectivity index (χ0n) is 45.4. The summed E-state index contributed by atoms with van der Waals surface area (Å²) in [6, 6.07) is 78.6. The zero-order chi connectivity index (χ0) is 58.9. The summed E-state index contributed by atoms with van der Waals surface area (Å²) >= 11 is 0. The van der Waals surface area contributed by atoms with Gasteiger partial charge in [0.2, 0.25) is 0 Å². The smallest absolute Gasteiger partial charge is 0.269 e. The first-order valence-corrected chi connectivity index (χ1v) is 27.1. The number of nitro benzene ring substituents is 2. The Morgan fingerprint density at radius 1 is 0.326 bits per heavy atom. The lowest BCUT2D eigenvalue weighted by atomic mass is 9.92.